The van der Waals surface area contributed by atoms with E-state index in [4.69, 9.17) is 10.7 Å². The van der Waals surface area contributed by atoms with Crippen LogP contribution in [0.15, 0.2) is 64.7 Å². The summed E-state index contributed by atoms with van der Waals surface area (Å²) >= 11 is 0. The van der Waals surface area contributed by atoms with E-state index >= 15 is 0 Å². The molecule has 5 nitrogen and oxygen atoms in total. The summed E-state index contributed by atoms with van der Waals surface area (Å²) in [4.78, 5) is 15.7. The van der Waals surface area contributed by atoms with Crippen molar-refractivity contribution in [2.24, 2.45) is 15.7 Å². The topological polar surface area (TPSA) is 66.9 Å². The first-order chi connectivity index (χ1) is 11.3. The molecule has 118 valence electrons. The van der Waals surface area contributed by atoms with Crippen LogP contribution in [0.3, 0.4) is 0 Å². The van der Waals surface area contributed by atoms with E-state index in [-0.39, 0.29) is 0 Å². The quantitative estimate of drug-likeness (QED) is 0.685. The number of likely N-dealkylation sites (tertiary alicyclic amines) is 1. The van der Waals surface area contributed by atoms with Crippen molar-refractivity contribution < 1.29 is 0 Å². The molecule has 0 atom stereocenters. The molecule has 2 N–H and O–H groups in total. The minimum Gasteiger partial charge on any atom is -0.382 e. The third kappa shape index (κ3) is 4.16. The number of pyridine rings is 1. The second-order valence-electron chi connectivity index (χ2n) is 5.51. The van der Waals surface area contributed by atoms with Crippen molar-refractivity contribution in [1.29, 1.82) is 0 Å². The van der Waals surface area contributed by atoms with Crippen molar-refractivity contribution in [2.75, 3.05) is 13.1 Å². The Balaban J connectivity index is 1.93. The summed E-state index contributed by atoms with van der Waals surface area (Å²) in [5.41, 5.74) is 7.69. The summed E-state index contributed by atoms with van der Waals surface area (Å²) in [5.74, 6) is 1.06. The number of guanidine groups is 1. The summed E-state index contributed by atoms with van der Waals surface area (Å²) in [6, 6.07) is 15.5. The predicted octanol–water partition coefficient (Wildman–Crippen LogP) is 2.96. The number of amidine groups is 1. The molecule has 23 heavy (non-hydrogen) atoms. The van der Waals surface area contributed by atoms with Gasteiger partial charge in [-0.15, -0.1) is 0 Å². The minimum absolute atomic E-state index is 0.394. The van der Waals surface area contributed by atoms with Crippen LogP contribution in [-0.4, -0.2) is 34.8 Å². The number of piperidine rings is 1. The average molecular weight is 307 g/mol. The molecular formula is C18H21N5. The molecule has 0 aliphatic carbocycles. The van der Waals surface area contributed by atoms with E-state index in [2.05, 4.69) is 14.9 Å². The molecule has 0 spiro atoms. The number of nitrogens with zero attached hydrogens (tertiary/aromatic N) is 4. The van der Waals surface area contributed by atoms with E-state index < -0.39 is 0 Å². The van der Waals surface area contributed by atoms with Gasteiger partial charge >= 0.3 is 0 Å². The number of rotatable bonds is 2. The molecule has 1 aliphatic heterocycles. The van der Waals surface area contributed by atoms with Crippen LogP contribution >= 0.6 is 0 Å². The van der Waals surface area contributed by atoms with Crippen LogP contribution in [0.2, 0.25) is 0 Å². The molecular weight excluding hydrogens is 286 g/mol. The third-order valence-corrected chi connectivity index (χ3v) is 3.77. The maximum atomic E-state index is 6.14. The van der Waals surface area contributed by atoms with Crippen LogP contribution in [0.25, 0.3) is 0 Å². The summed E-state index contributed by atoms with van der Waals surface area (Å²) in [6.45, 7) is 1.93. The number of benzene rings is 1. The van der Waals surface area contributed by atoms with E-state index in [0.717, 1.165) is 31.6 Å². The summed E-state index contributed by atoms with van der Waals surface area (Å²) in [5, 5.41) is 0. The van der Waals surface area contributed by atoms with Gasteiger partial charge in [-0.1, -0.05) is 24.3 Å². The smallest absolute Gasteiger partial charge is 0.227 e. The van der Waals surface area contributed by atoms with E-state index in [1.807, 2.05) is 48.5 Å². The number of hydrogen-bond acceptors (Lipinski definition) is 2. The fourth-order valence-corrected chi connectivity index (χ4v) is 2.56. The van der Waals surface area contributed by atoms with E-state index in [1.54, 1.807) is 6.20 Å². The van der Waals surface area contributed by atoms with Crippen LogP contribution in [-0.2, 0) is 0 Å². The molecule has 0 amide bonds. The van der Waals surface area contributed by atoms with Crippen LogP contribution in [0.1, 0.15) is 25.0 Å². The first-order valence-corrected chi connectivity index (χ1v) is 7.97. The van der Waals surface area contributed by atoms with Gasteiger partial charge in [0.15, 0.2) is 5.84 Å². The van der Waals surface area contributed by atoms with Crippen molar-refractivity contribution in [3.63, 3.8) is 0 Å². The van der Waals surface area contributed by atoms with Gasteiger partial charge in [-0.25, -0.2) is 4.99 Å². The van der Waals surface area contributed by atoms with Crippen LogP contribution in [0, 0.1) is 0 Å². The standard InChI is InChI=1S/C18H21N5/c19-17(16-11-5-6-12-20-16)22-18(23-13-7-2-8-14-23)21-15-9-3-1-4-10-15/h1,3-6,9-12H,2,7-8,13-14H2,(H2,19,21,22). The summed E-state index contributed by atoms with van der Waals surface area (Å²) in [6.07, 6.45) is 5.29. The molecule has 0 bridgehead atoms. The minimum atomic E-state index is 0.394. The van der Waals surface area contributed by atoms with Crippen LogP contribution in [0.5, 0.6) is 0 Å². The van der Waals surface area contributed by atoms with E-state index in [9.17, 15) is 0 Å². The lowest BCUT2D eigenvalue weighted by Crippen LogP contribution is -2.36. The van der Waals surface area contributed by atoms with Crippen molar-refractivity contribution in [2.45, 2.75) is 19.3 Å². The van der Waals surface area contributed by atoms with Gasteiger partial charge in [0, 0.05) is 19.3 Å². The zero-order valence-corrected chi connectivity index (χ0v) is 13.1. The lowest BCUT2D eigenvalue weighted by Gasteiger charge is -2.27. The molecule has 2 heterocycles. The maximum absolute atomic E-state index is 6.14. The Morgan fingerprint density at radius 1 is 0.957 bits per heavy atom. The van der Waals surface area contributed by atoms with Gasteiger partial charge in [-0.3, -0.25) is 4.98 Å². The fourth-order valence-electron chi connectivity index (χ4n) is 2.56. The van der Waals surface area contributed by atoms with E-state index in [1.165, 1.54) is 6.42 Å². The third-order valence-electron chi connectivity index (χ3n) is 3.77. The van der Waals surface area contributed by atoms with Gasteiger partial charge in [0.25, 0.3) is 0 Å². The largest absolute Gasteiger partial charge is 0.382 e. The van der Waals surface area contributed by atoms with E-state index in [0.29, 0.717) is 17.5 Å². The van der Waals surface area contributed by atoms with Crippen LogP contribution < -0.4 is 5.73 Å². The van der Waals surface area contributed by atoms with Gasteiger partial charge in [0.2, 0.25) is 5.96 Å². The Labute approximate surface area is 136 Å². The Morgan fingerprint density at radius 3 is 2.39 bits per heavy atom. The number of hydrogen-bond donors (Lipinski definition) is 1. The number of aromatic nitrogens is 1. The second-order valence-corrected chi connectivity index (χ2v) is 5.51. The van der Waals surface area contributed by atoms with Crippen molar-refractivity contribution in [3.8, 4) is 0 Å². The number of aliphatic imine (C=N–C) groups is 2. The number of nitrogens with two attached hydrogens (primary N) is 1. The molecule has 0 unspecified atom stereocenters. The van der Waals surface area contributed by atoms with Gasteiger partial charge in [0.05, 0.1) is 5.69 Å². The van der Waals surface area contributed by atoms with Gasteiger partial charge in [-0.2, -0.15) is 4.99 Å². The zero-order chi connectivity index (χ0) is 15.9. The molecule has 1 aromatic heterocycles. The molecule has 3 rings (SSSR count). The van der Waals surface area contributed by atoms with Gasteiger partial charge in [0.1, 0.15) is 5.69 Å². The molecule has 5 heteroatoms. The highest BCUT2D eigenvalue weighted by molar-refractivity contribution is 6.04. The highest BCUT2D eigenvalue weighted by Crippen LogP contribution is 2.15. The number of para-hydroxylation sites is 1. The predicted molar refractivity (Wildman–Crippen MR) is 93.9 cm³/mol. The lowest BCUT2D eigenvalue weighted by molar-refractivity contribution is 0.339. The monoisotopic (exact) mass is 307 g/mol. The van der Waals surface area contributed by atoms with Crippen molar-refractivity contribution >= 4 is 17.5 Å². The first-order valence-electron chi connectivity index (χ1n) is 7.97. The second kappa shape index (κ2) is 7.54. The highest BCUT2D eigenvalue weighted by Gasteiger charge is 2.15. The Morgan fingerprint density at radius 2 is 1.70 bits per heavy atom. The maximum Gasteiger partial charge on any atom is 0.227 e. The SMILES string of the molecule is N/C(=N\C(=Nc1ccccc1)N1CCCCC1)c1ccccn1. The summed E-state index contributed by atoms with van der Waals surface area (Å²) < 4.78 is 0. The Bertz CT molecular complexity index is 673. The van der Waals surface area contributed by atoms with Gasteiger partial charge in [-0.05, 0) is 43.5 Å². The molecule has 1 saturated heterocycles. The lowest BCUT2D eigenvalue weighted by atomic mass is 10.1. The normalized spacial score (nSPS) is 16.4. The molecule has 0 saturated carbocycles. The molecule has 1 aromatic carbocycles. The Hall–Kier alpha value is -2.69. The first kappa shape index (κ1) is 15.2. The molecule has 1 fully saturated rings. The molecule has 0 radical (unpaired) electrons. The zero-order valence-electron chi connectivity index (χ0n) is 13.1. The average Bonchev–Trinajstić information content (AvgIpc) is 2.63. The Kier molecular flexibility index (Phi) is 4.99. The van der Waals surface area contributed by atoms with Crippen LogP contribution in [0.4, 0.5) is 5.69 Å². The van der Waals surface area contributed by atoms with Gasteiger partial charge < -0.3 is 10.6 Å². The molecule has 2 aromatic rings. The highest BCUT2D eigenvalue weighted by atomic mass is 15.3. The summed E-state index contributed by atoms with van der Waals surface area (Å²) in [7, 11) is 0. The fraction of sp³-hybridized carbons (Fsp3) is 0.278. The van der Waals surface area contributed by atoms with Crippen molar-refractivity contribution in [1.82, 2.24) is 9.88 Å². The molecule has 1 aliphatic rings. The van der Waals surface area contributed by atoms with Crippen molar-refractivity contribution in [3.05, 3.63) is 60.4 Å².